The summed E-state index contributed by atoms with van der Waals surface area (Å²) in [4.78, 5) is 34.4. The molecular weight excluding hydrogens is 314 g/mol. The highest BCUT2D eigenvalue weighted by Gasteiger charge is 2.22. The molecule has 124 valence electrons. The fourth-order valence-corrected chi connectivity index (χ4v) is 2.03. The predicted molar refractivity (Wildman–Crippen MR) is 87.4 cm³/mol. The Balaban J connectivity index is 2.30. The van der Waals surface area contributed by atoms with Crippen LogP contribution in [0.5, 0.6) is 5.75 Å². The lowest BCUT2D eigenvalue weighted by Crippen LogP contribution is -2.19. The van der Waals surface area contributed by atoms with Gasteiger partial charge in [0.1, 0.15) is 11.3 Å². The van der Waals surface area contributed by atoms with Gasteiger partial charge in [0.15, 0.2) is 0 Å². The van der Waals surface area contributed by atoms with Crippen molar-refractivity contribution in [3.05, 3.63) is 63.7 Å². The van der Waals surface area contributed by atoms with Gasteiger partial charge in [-0.05, 0) is 36.4 Å². The Morgan fingerprint density at radius 1 is 1.08 bits per heavy atom. The molecule has 2 rings (SSSR count). The molecule has 2 amide bonds. The lowest BCUT2D eigenvalue weighted by Gasteiger charge is -2.08. The van der Waals surface area contributed by atoms with Gasteiger partial charge in [0.25, 0.3) is 17.5 Å². The smallest absolute Gasteiger partial charge is 0.282 e. The predicted octanol–water partition coefficient (Wildman–Crippen LogP) is 2.22. The molecule has 2 aromatic carbocycles. The summed E-state index contributed by atoms with van der Waals surface area (Å²) in [6.07, 6.45) is 0. The van der Waals surface area contributed by atoms with Crippen molar-refractivity contribution >= 4 is 23.2 Å². The maximum atomic E-state index is 12.3. The second kappa shape index (κ2) is 7.23. The zero-order valence-corrected chi connectivity index (χ0v) is 13.0. The van der Waals surface area contributed by atoms with Crippen molar-refractivity contribution in [3.8, 4) is 5.75 Å². The normalized spacial score (nSPS) is 9.92. The van der Waals surface area contributed by atoms with Crippen LogP contribution in [0.15, 0.2) is 42.5 Å². The Labute approximate surface area is 137 Å². The third-order valence-electron chi connectivity index (χ3n) is 3.28. The van der Waals surface area contributed by atoms with E-state index in [1.54, 1.807) is 24.3 Å². The van der Waals surface area contributed by atoms with Crippen LogP contribution in [-0.4, -0.2) is 30.9 Å². The second-order valence-electron chi connectivity index (χ2n) is 4.75. The Hall–Kier alpha value is -3.42. The number of benzene rings is 2. The minimum Gasteiger partial charge on any atom is -0.497 e. The Morgan fingerprint density at radius 2 is 1.75 bits per heavy atom. The van der Waals surface area contributed by atoms with Crippen molar-refractivity contribution in [2.24, 2.45) is 0 Å². The summed E-state index contributed by atoms with van der Waals surface area (Å²) in [5.41, 5.74) is -0.0127. The van der Waals surface area contributed by atoms with Crippen molar-refractivity contribution in [2.75, 3.05) is 19.5 Å². The van der Waals surface area contributed by atoms with Crippen molar-refractivity contribution in [1.29, 1.82) is 0 Å². The monoisotopic (exact) mass is 329 g/mol. The first-order valence-electron chi connectivity index (χ1n) is 6.92. The van der Waals surface area contributed by atoms with E-state index in [0.717, 1.165) is 6.07 Å². The average molecular weight is 329 g/mol. The van der Waals surface area contributed by atoms with E-state index in [-0.39, 0.29) is 11.1 Å². The van der Waals surface area contributed by atoms with Crippen LogP contribution in [0.2, 0.25) is 0 Å². The standard InChI is InChI=1S/C16H15N3O5/c1-17-15(20)10-3-8-13(14(9-10)19(22)23)16(21)18-11-4-6-12(24-2)7-5-11/h3-9H,1-2H3,(H,17,20)(H,18,21). The van der Waals surface area contributed by atoms with Crippen molar-refractivity contribution in [1.82, 2.24) is 5.32 Å². The number of amides is 2. The maximum Gasteiger partial charge on any atom is 0.282 e. The number of hydrogen-bond acceptors (Lipinski definition) is 5. The van der Waals surface area contributed by atoms with E-state index >= 15 is 0 Å². The number of carbonyl (C=O) groups is 2. The number of methoxy groups -OCH3 is 1. The summed E-state index contributed by atoms with van der Waals surface area (Å²) < 4.78 is 5.02. The molecule has 2 aromatic rings. The average Bonchev–Trinajstić information content (AvgIpc) is 2.61. The molecule has 0 spiro atoms. The molecule has 0 aromatic heterocycles. The Morgan fingerprint density at radius 3 is 2.29 bits per heavy atom. The SMILES string of the molecule is CNC(=O)c1ccc(C(=O)Nc2ccc(OC)cc2)c([N+](=O)[O-])c1. The summed E-state index contributed by atoms with van der Waals surface area (Å²) in [5, 5.41) is 16.1. The van der Waals surface area contributed by atoms with Gasteiger partial charge in [-0.2, -0.15) is 0 Å². The van der Waals surface area contributed by atoms with Crippen LogP contribution < -0.4 is 15.4 Å². The second-order valence-corrected chi connectivity index (χ2v) is 4.75. The lowest BCUT2D eigenvalue weighted by molar-refractivity contribution is -0.385. The maximum absolute atomic E-state index is 12.3. The number of nitrogens with zero attached hydrogens (tertiary/aromatic N) is 1. The van der Waals surface area contributed by atoms with Crippen molar-refractivity contribution < 1.29 is 19.2 Å². The first kappa shape index (κ1) is 16.9. The number of nitro benzene ring substituents is 1. The van der Waals surface area contributed by atoms with Gasteiger partial charge in [0.05, 0.1) is 12.0 Å². The Bertz CT molecular complexity index is 787. The summed E-state index contributed by atoms with van der Waals surface area (Å²) in [6.45, 7) is 0. The molecule has 24 heavy (non-hydrogen) atoms. The van der Waals surface area contributed by atoms with E-state index in [1.165, 1.54) is 26.3 Å². The van der Waals surface area contributed by atoms with Crippen LogP contribution in [-0.2, 0) is 0 Å². The Kier molecular flexibility index (Phi) is 5.10. The quantitative estimate of drug-likeness (QED) is 0.645. The number of rotatable bonds is 5. The van der Waals surface area contributed by atoms with Crippen LogP contribution >= 0.6 is 0 Å². The molecule has 0 unspecified atom stereocenters. The molecule has 0 atom stereocenters. The van der Waals surface area contributed by atoms with E-state index < -0.39 is 22.4 Å². The fraction of sp³-hybridized carbons (Fsp3) is 0.125. The molecule has 0 aliphatic carbocycles. The van der Waals surface area contributed by atoms with Gasteiger partial charge in [0, 0.05) is 24.4 Å². The molecule has 0 aliphatic heterocycles. The topological polar surface area (TPSA) is 111 Å². The van der Waals surface area contributed by atoms with Gasteiger partial charge in [-0.1, -0.05) is 0 Å². The molecule has 8 heteroatoms. The molecule has 0 saturated heterocycles. The minimum atomic E-state index is -0.699. The van der Waals surface area contributed by atoms with Crippen molar-refractivity contribution in [2.45, 2.75) is 0 Å². The molecule has 0 saturated carbocycles. The lowest BCUT2D eigenvalue weighted by atomic mass is 10.1. The van der Waals surface area contributed by atoms with Crippen LogP contribution in [0, 0.1) is 10.1 Å². The third-order valence-corrected chi connectivity index (χ3v) is 3.28. The van der Waals surface area contributed by atoms with Gasteiger partial charge >= 0.3 is 0 Å². The van der Waals surface area contributed by atoms with Gasteiger partial charge in [-0.25, -0.2) is 0 Å². The minimum absolute atomic E-state index is 0.102. The van der Waals surface area contributed by atoms with E-state index in [1.807, 2.05) is 0 Å². The molecule has 0 radical (unpaired) electrons. The molecule has 0 aliphatic rings. The molecule has 0 fully saturated rings. The largest absolute Gasteiger partial charge is 0.497 e. The molecule has 2 N–H and O–H groups in total. The van der Waals surface area contributed by atoms with E-state index in [4.69, 9.17) is 4.74 Å². The van der Waals surface area contributed by atoms with Crippen LogP contribution in [0.1, 0.15) is 20.7 Å². The van der Waals surface area contributed by atoms with Crippen LogP contribution in [0.25, 0.3) is 0 Å². The summed E-state index contributed by atoms with van der Waals surface area (Å²) in [5.74, 6) is -0.496. The van der Waals surface area contributed by atoms with Crippen LogP contribution in [0.4, 0.5) is 11.4 Å². The summed E-state index contributed by atoms with van der Waals surface area (Å²) >= 11 is 0. The first-order valence-corrected chi connectivity index (χ1v) is 6.92. The number of hydrogen-bond donors (Lipinski definition) is 2. The van der Waals surface area contributed by atoms with Gasteiger partial charge in [0.2, 0.25) is 0 Å². The zero-order valence-electron chi connectivity index (χ0n) is 13.0. The highest BCUT2D eigenvalue weighted by atomic mass is 16.6. The summed E-state index contributed by atoms with van der Waals surface area (Å²) in [7, 11) is 2.93. The summed E-state index contributed by atoms with van der Waals surface area (Å²) in [6, 6.07) is 10.2. The van der Waals surface area contributed by atoms with Gasteiger partial charge < -0.3 is 15.4 Å². The van der Waals surface area contributed by atoms with Crippen molar-refractivity contribution in [3.63, 3.8) is 0 Å². The molecular formula is C16H15N3O5. The van der Waals surface area contributed by atoms with E-state index in [0.29, 0.717) is 11.4 Å². The molecule has 0 heterocycles. The number of ether oxygens (including phenoxy) is 1. The first-order chi connectivity index (χ1) is 11.5. The van der Waals surface area contributed by atoms with Gasteiger partial charge in [-0.15, -0.1) is 0 Å². The van der Waals surface area contributed by atoms with E-state index in [9.17, 15) is 19.7 Å². The highest BCUT2D eigenvalue weighted by Crippen LogP contribution is 2.22. The molecule has 8 nitrogen and oxygen atoms in total. The number of carbonyl (C=O) groups excluding carboxylic acids is 2. The van der Waals surface area contributed by atoms with Crippen LogP contribution in [0.3, 0.4) is 0 Å². The highest BCUT2D eigenvalue weighted by molar-refractivity contribution is 6.08. The third kappa shape index (κ3) is 3.67. The van der Waals surface area contributed by atoms with Gasteiger partial charge in [-0.3, -0.25) is 19.7 Å². The fourth-order valence-electron chi connectivity index (χ4n) is 2.03. The zero-order chi connectivity index (χ0) is 17.7. The van der Waals surface area contributed by atoms with E-state index in [2.05, 4.69) is 10.6 Å². The molecule has 0 bridgehead atoms. The number of nitrogens with one attached hydrogen (secondary N) is 2. The number of anilines is 1. The number of nitro groups is 1.